The molecule has 2 heterocycles. The molecular weight excluding hydrogens is 216 g/mol. The SMILES string of the molecule is Cc1nn(C(C)C)c(NCc2cnc[nH]2)c1N. The van der Waals surface area contributed by atoms with Crippen LogP contribution in [0.5, 0.6) is 0 Å². The number of aromatic nitrogens is 4. The molecule has 0 aliphatic heterocycles. The van der Waals surface area contributed by atoms with Gasteiger partial charge in [-0.2, -0.15) is 5.10 Å². The second-order valence-corrected chi connectivity index (χ2v) is 4.32. The average molecular weight is 234 g/mol. The van der Waals surface area contributed by atoms with E-state index in [9.17, 15) is 0 Å². The molecule has 0 aliphatic carbocycles. The Bertz CT molecular complexity index is 482. The number of nitrogens with two attached hydrogens (primary N) is 1. The molecule has 92 valence electrons. The summed E-state index contributed by atoms with van der Waals surface area (Å²) in [6.07, 6.45) is 3.44. The van der Waals surface area contributed by atoms with Crippen LogP contribution in [0.1, 0.15) is 31.3 Å². The standard InChI is InChI=1S/C11H18N6/c1-7(2)17-11(10(12)8(3)16-17)14-5-9-4-13-6-15-9/h4,6-7,14H,5,12H2,1-3H3,(H,13,15). The fourth-order valence-electron chi connectivity index (χ4n) is 1.67. The molecule has 0 aromatic carbocycles. The summed E-state index contributed by atoms with van der Waals surface area (Å²) in [5, 5.41) is 7.70. The Balaban J connectivity index is 2.19. The van der Waals surface area contributed by atoms with Crippen molar-refractivity contribution in [3.63, 3.8) is 0 Å². The summed E-state index contributed by atoms with van der Waals surface area (Å²) < 4.78 is 1.90. The third kappa shape index (κ3) is 2.25. The summed E-state index contributed by atoms with van der Waals surface area (Å²) in [7, 11) is 0. The minimum absolute atomic E-state index is 0.273. The van der Waals surface area contributed by atoms with Gasteiger partial charge in [0.2, 0.25) is 0 Å². The summed E-state index contributed by atoms with van der Waals surface area (Å²) in [4.78, 5) is 7.01. The van der Waals surface area contributed by atoms with Gasteiger partial charge >= 0.3 is 0 Å². The Labute approximate surface area is 100 Å². The van der Waals surface area contributed by atoms with E-state index in [4.69, 9.17) is 5.73 Å². The zero-order valence-corrected chi connectivity index (χ0v) is 10.4. The zero-order chi connectivity index (χ0) is 12.4. The van der Waals surface area contributed by atoms with Crippen LogP contribution in [0.15, 0.2) is 12.5 Å². The number of aryl methyl sites for hydroxylation is 1. The second-order valence-electron chi connectivity index (χ2n) is 4.32. The lowest BCUT2D eigenvalue weighted by Crippen LogP contribution is -2.11. The Morgan fingerprint density at radius 1 is 1.53 bits per heavy atom. The van der Waals surface area contributed by atoms with E-state index in [1.807, 2.05) is 11.6 Å². The van der Waals surface area contributed by atoms with Crippen LogP contribution in [0.2, 0.25) is 0 Å². The zero-order valence-electron chi connectivity index (χ0n) is 10.4. The lowest BCUT2D eigenvalue weighted by atomic mass is 10.3. The largest absolute Gasteiger partial charge is 0.394 e. The number of rotatable bonds is 4. The highest BCUT2D eigenvalue weighted by molar-refractivity contribution is 5.64. The molecule has 0 bridgehead atoms. The molecule has 0 saturated heterocycles. The molecule has 17 heavy (non-hydrogen) atoms. The fraction of sp³-hybridized carbons (Fsp3) is 0.455. The molecule has 2 aromatic rings. The van der Waals surface area contributed by atoms with Gasteiger partial charge in [0.15, 0.2) is 0 Å². The number of nitrogen functional groups attached to an aromatic ring is 1. The van der Waals surface area contributed by atoms with E-state index in [2.05, 4.69) is 34.2 Å². The molecule has 0 radical (unpaired) electrons. The second kappa shape index (κ2) is 4.48. The van der Waals surface area contributed by atoms with Gasteiger partial charge in [-0.15, -0.1) is 0 Å². The maximum Gasteiger partial charge on any atom is 0.148 e. The monoisotopic (exact) mass is 234 g/mol. The average Bonchev–Trinajstić information content (AvgIpc) is 2.87. The quantitative estimate of drug-likeness (QED) is 0.751. The number of anilines is 2. The van der Waals surface area contributed by atoms with Gasteiger partial charge in [0, 0.05) is 12.2 Å². The van der Waals surface area contributed by atoms with Gasteiger partial charge < -0.3 is 16.0 Å². The minimum atomic E-state index is 0.273. The Hall–Kier alpha value is -1.98. The van der Waals surface area contributed by atoms with Crippen molar-refractivity contribution in [2.45, 2.75) is 33.4 Å². The molecule has 0 spiro atoms. The van der Waals surface area contributed by atoms with Crippen molar-refractivity contribution in [2.24, 2.45) is 0 Å². The topological polar surface area (TPSA) is 84.5 Å². The van der Waals surface area contributed by atoms with Gasteiger partial charge in [-0.3, -0.25) is 0 Å². The van der Waals surface area contributed by atoms with E-state index in [-0.39, 0.29) is 6.04 Å². The minimum Gasteiger partial charge on any atom is -0.394 e. The molecular formula is C11H18N6. The first kappa shape index (κ1) is 11.5. The number of hydrogen-bond acceptors (Lipinski definition) is 4. The summed E-state index contributed by atoms with van der Waals surface area (Å²) >= 11 is 0. The van der Waals surface area contributed by atoms with Crippen LogP contribution in [-0.2, 0) is 6.54 Å². The molecule has 0 unspecified atom stereocenters. The van der Waals surface area contributed by atoms with Gasteiger partial charge in [0.1, 0.15) is 5.82 Å². The van der Waals surface area contributed by atoms with Gasteiger partial charge in [-0.1, -0.05) is 0 Å². The van der Waals surface area contributed by atoms with E-state index in [0.29, 0.717) is 12.2 Å². The number of imidazole rings is 1. The van der Waals surface area contributed by atoms with Crippen LogP contribution >= 0.6 is 0 Å². The molecule has 0 atom stereocenters. The van der Waals surface area contributed by atoms with Crippen LogP contribution < -0.4 is 11.1 Å². The van der Waals surface area contributed by atoms with E-state index in [1.165, 1.54) is 0 Å². The van der Waals surface area contributed by atoms with Crippen LogP contribution in [0.25, 0.3) is 0 Å². The maximum atomic E-state index is 6.01. The van der Waals surface area contributed by atoms with Crippen LogP contribution in [0, 0.1) is 6.92 Å². The molecule has 0 saturated carbocycles. The molecule has 2 aromatic heterocycles. The lowest BCUT2D eigenvalue weighted by Gasteiger charge is -2.12. The fourth-order valence-corrected chi connectivity index (χ4v) is 1.67. The normalized spacial score (nSPS) is 11.1. The van der Waals surface area contributed by atoms with Crippen molar-refractivity contribution < 1.29 is 0 Å². The highest BCUT2D eigenvalue weighted by Crippen LogP contribution is 2.25. The lowest BCUT2D eigenvalue weighted by molar-refractivity contribution is 0.534. The van der Waals surface area contributed by atoms with Crippen molar-refractivity contribution in [3.8, 4) is 0 Å². The molecule has 6 heteroatoms. The number of nitrogens with zero attached hydrogens (tertiary/aromatic N) is 3. The summed E-state index contributed by atoms with van der Waals surface area (Å²) in [5.41, 5.74) is 8.58. The number of hydrogen-bond donors (Lipinski definition) is 3. The first-order valence-electron chi connectivity index (χ1n) is 5.65. The highest BCUT2D eigenvalue weighted by Gasteiger charge is 2.14. The van der Waals surface area contributed by atoms with Crippen molar-refractivity contribution in [3.05, 3.63) is 23.9 Å². The highest BCUT2D eigenvalue weighted by atomic mass is 15.4. The molecule has 0 amide bonds. The van der Waals surface area contributed by atoms with Crippen LogP contribution in [0.3, 0.4) is 0 Å². The van der Waals surface area contributed by atoms with E-state index < -0.39 is 0 Å². The van der Waals surface area contributed by atoms with Gasteiger partial charge in [-0.25, -0.2) is 9.67 Å². The van der Waals surface area contributed by atoms with Crippen LogP contribution in [0.4, 0.5) is 11.5 Å². The Morgan fingerprint density at radius 3 is 2.88 bits per heavy atom. The summed E-state index contributed by atoms with van der Waals surface area (Å²) in [6, 6.07) is 0.273. The molecule has 2 rings (SSSR count). The van der Waals surface area contributed by atoms with Crippen molar-refractivity contribution in [1.29, 1.82) is 0 Å². The molecule has 0 fully saturated rings. The smallest absolute Gasteiger partial charge is 0.148 e. The van der Waals surface area contributed by atoms with Crippen molar-refractivity contribution >= 4 is 11.5 Å². The predicted octanol–water partition coefficient (Wildman–Crippen LogP) is 1.69. The van der Waals surface area contributed by atoms with Gasteiger partial charge in [0.25, 0.3) is 0 Å². The Kier molecular flexibility index (Phi) is 3.03. The van der Waals surface area contributed by atoms with Gasteiger partial charge in [0.05, 0.1) is 29.9 Å². The summed E-state index contributed by atoms with van der Waals surface area (Å²) in [6.45, 7) is 6.72. The van der Waals surface area contributed by atoms with E-state index in [1.54, 1.807) is 12.5 Å². The molecule has 4 N–H and O–H groups in total. The Morgan fingerprint density at radius 2 is 2.29 bits per heavy atom. The predicted molar refractivity (Wildman–Crippen MR) is 67.7 cm³/mol. The van der Waals surface area contributed by atoms with Crippen molar-refractivity contribution in [1.82, 2.24) is 19.7 Å². The number of H-pyrrole nitrogens is 1. The van der Waals surface area contributed by atoms with Gasteiger partial charge in [-0.05, 0) is 20.8 Å². The molecule has 0 aliphatic rings. The summed E-state index contributed by atoms with van der Waals surface area (Å²) in [5.74, 6) is 0.868. The van der Waals surface area contributed by atoms with E-state index in [0.717, 1.165) is 17.2 Å². The maximum absolute atomic E-state index is 6.01. The third-order valence-electron chi connectivity index (χ3n) is 2.62. The first-order chi connectivity index (χ1) is 8.09. The van der Waals surface area contributed by atoms with Crippen LogP contribution in [-0.4, -0.2) is 19.7 Å². The third-order valence-corrected chi connectivity index (χ3v) is 2.62. The number of aromatic amines is 1. The number of nitrogens with one attached hydrogen (secondary N) is 2. The van der Waals surface area contributed by atoms with Crippen molar-refractivity contribution in [2.75, 3.05) is 11.1 Å². The first-order valence-corrected chi connectivity index (χ1v) is 5.65. The van der Waals surface area contributed by atoms with E-state index >= 15 is 0 Å². The molecule has 6 nitrogen and oxygen atoms in total.